The average molecular weight is 337 g/mol. The van der Waals surface area contributed by atoms with Gasteiger partial charge in [-0.3, -0.25) is 4.40 Å². The molecular formula is C19H19N3O3. The lowest BCUT2D eigenvalue weighted by molar-refractivity contribution is 0.223. The van der Waals surface area contributed by atoms with Crippen molar-refractivity contribution < 1.29 is 14.6 Å². The van der Waals surface area contributed by atoms with Crippen LogP contribution in [0.3, 0.4) is 0 Å². The van der Waals surface area contributed by atoms with E-state index in [1.54, 1.807) is 13.3 Å². The van der Waals surface area contributed by atoms with Crippen molar-refractivity contribution in [3.8, 4) is 11.8 Å². The highest BCUT2D eigenvalue weighted by Gasteiger charge is 2.18. The molecule has 3 aromatic rings. The minimum absolute atomic E-state index is 0.392. The van der Waals surface area contributed by atoms with Gasteiger partial charge in [0, 0.05) is 18.5 Å². The van der Waals surface area contributed by atoms with Gasteiger partial charge in [0.1, 0.15) is 18.0 Å². The van der Waals surface area contributed by atoms with E-state index < -0.39 is 6.10 Å². The standard InChI is InChI=1S/C19H19N3O3/c1-24-16-6-2-13(3-7-16)12-25-19-21-17(14-4-5-15(23)10-14)11-18-20-8-9-22(18)19/h2-3,6-11,15,23H,4-5,12H2,1H3. The summed E-state index contributed by atoms with van der Waals surface area (Å²) in [7, 11) is 1.64. The number of hydrogen-bond acceptors (Lipinski definition) is 5. The molecule has 128 valence electrons. The summed E-state index contributed by atoms with van der Waals surface area (Å²) in [5, 5.41) is 9.73. The number of benzene rings is 1. The number of aliphatic hydroxyl groups excluding tert-OH is 1. The molecule has 0 aliphatic heterocycles. The van der Waals surface area contributed by atoms with Crippen molar-refractivity contribution in [1.29, 1.82) is 0 Å². The van der Waals surface area contributed by atoms with Crippen molar-refractivity contribution in [3.05, 3.63) is 60.1 Å². The molecule has 0 fully saturated rings. The van der Waals surface area contributed by atoms with Gasteiger partial charge in [0.05, 0.1) is 18.9 Å². The Bertz CT molecular complexity index is 915. The molecule has 0 bridgehead atoms. The van der Waals surface area contributed by atoms with Gasteiger partial charge in [0.15, 0.2) is 0 Å². The summed E-state index contributed by atoms with van der Waals surface area (Å²) in [4.78, 5) is 8.98. The van der Waals surface area contributed by atoms with E-state index >= 15 is 0 Å². The second kappa shape index (κ2) is 6.57. The predicted octanol–water partition coefficient (Wildman–Crippen LogP) is 2.86. The first kappa shape index (κ1) is 15.7. The maximum Gasteiger partial charge on any atom is 0.303 e. The van der Waals surface area contributed by atoms with Crippen molar-refractivity contribution in [2.24, 2.45) is 0 Å². The Hall–Kier alpha value is -2.86. The van der Waals surface area contributed by atoms with Crippen molar-refractivity contribution in [3.63, 3.8) is 0 Å². The topological polar surface area (TPSA) is 68.9 Å². The number of methoxy groups -OCH3 is 1. The third kappa shape index (κ3) is 3.21. The minimum atomic E-state index is -0.392. The lowest BCUT2D eigenvalue weighted by Crippen LogP contribution is -2.04. The van der Waals surface area contributed by atoms with Gasteiger partial charge in [0.25, 0.3) is 0 Å². The van der Waals surface area contributed by atoms with Gasteiger partial charge in [-0.25, -0.2) is 4.98 Å². The quantitative estimate of drug-likeness (QED) is 0.775. The lowest BCUT2D eigenvalue weighted by Gasteiger charge is -2.10. The molecule has 0 amide bonds. The maximum atomic E-state index is 9.73. The average Bonchev–Trinajstić information content (AvgIpc) is 3.28. The van der Waals surface area contributed by atoms with E-state index in [9.17, 15) is 5.11 Å². The summed E-state index contributed by atoms with van der Waals surface area (Å²) < 4.78 is 12.9. The first-order valence-corrected chi connectivity index (χ1v) is 8.22. The van der Waals surface area contributed by atoms with Gasteiger partial charge >= 0.3 is 6.01 Å². The number of rotatable bonds is 5. The van der Waals surface area contributed by atoms with Gasteiger partial charge < -0.3 is 14.6 Å². The lowest BCUT2D eigenvalue weighted by atomic mass is 10.1. The van der Waals surface area contributed by atoms with Crippen LogP contribution in [0.15, 0.2) is 48.8 Å². The SMILES string of the molecule is COc1ccc(COc2nc(C3=CC(O)CC3)cc3nccn23)cc1. The molecule has 6 nitrogen and oxygen atoms in total. The molecule has 1 atom stereocenters. The second-order valence-electron chi connectivity index (χ2n) is 6.01. The van der Waals surface area contributed by atoms with Crippen LogP contribution < -0.4 is 9.47 Å². The fourth-order valence-corrected chi connectivity index (χ4v) is 2.95. The fraction of sp³-hybridized carbons (Fsp3) is 0.263. The predicted molar refractivity (Wildman–Crippen MR) is 93.5 cm³/mol. The molecule has 0 saturated carbocycles. The summed E-state index contributed by atoms with van der Waals surface area (Å²) >= 11 is 0. The molecule has 0 saturated heterocycles. The zero-order valence-corrected chi connectivity index (χ0v) is 13.9. The number of fused-ring (bicyclic) bond motifs is 1. The molecule has 25 heavy (non-hydrogen) atoms. The third-order valence-electron chi connectivity index (χ3n) is 4.32. The Morgan fingerprint density at radius 2 is 2.12 bits per heavy atom. The number of nitrogens with zero attached hydrogens (tertiary/aromatic N) is 3. The first-order valence-electron chi connectivity index (χ1n) is 8.22. The Labute approximate surface area is 145 Å². The summed E-state index contributed by atoms with van der Waals surface area (Å²) in [6, 6.07) is 10.1. The molecule has 0 spiro atoms. The largest absolute Gasteiger partial charge is 0.497 e. The second-order valence-corrected chi connectivity index (χ2v) is 6.01. The Balaban J connectivity index is 1.61. The highest BCUT2D eigenvalue weighted by molar-refractivity contribution is 5.68. The number of ether oxygens (including phenoxy) is 2. The monoisotopic (exact) mass is 337 g/mol. The molecule has 2 aromatic heterocycles. The summed E-state index contributed by atoms with van der Waals surface area (Å²) in [6.45, 7) is 0.398. The Morgan fingerprint density at radius 1 is 1.28 bits per heavy atom. The number of allylic oxidation sites excluding steroid dienone is 1. The highest BCUT2D eigenvalue weighted by Crippen LogP contribution is 2.29. The minimum Gasteiger partial charge on any atom is -0.497 e. The van der Waals surface area contributed by atoms with Crippen molar-refractivity contribution in [2.45, 2.75) is 25.6 Å². The van der Waals surface area contributed by atoms with Gasteiger partial charge in [-0.05, 0) is 36.1 Å². The van der Waals surface area contributed by atoms with Gasteiger partial charge in [0.2, 0.25) is 0 Å². The smallest absolute Gasteiger partial charge is 0.303 e. The van der Waals surface area contributed by atoms with E-state index in [2.05, 4.69) is 9.97 Å². The maximum absolute atomic E-state index is 9.73. The van der Waals surface area contributed by atoms with Crippen LogP contribution in [0.5, 0.6) is 11.8 Å². The van der Waals surface area contributed by atoms with Crippen LogP contribution in [0.4, 0.5) is 0 Å². The summed E-state index contributed by atoms with van der Waals surface area (Å²) in [5.41, 5.74) is 3.64. The normalized spacial score (nSPS) is 16.9. The molecule has 6 heteroatoms. The van der Waals surface area contributed by atoms with E-state index in [4.69, 9.17) is 9.47 Å². The van der Waals surface area contributed by atoms with Crippen molar-refractivity contribution in [1.82, 2.24) is 14.4 Å². The molecule has 1 N–H and O–H groups in total. The zero-order valence-electron chi connectivity index (χ0n) is 13.9. The van der Waals surface area contributed by atoms with Crippen LogP contribution in [-0.4, -0.2) is 32.7 Å². The van der Waals surface area contributed by atoms with Crippen LogP contribution >= 0.6 is 0 Å². The molecule has 1 aliphatic rings. The number of imidazole rings is 1. The van der Waals surface area contributed by atoms with E-state index in [-0.39, 0.29) is 0 Å². The van der Waals surface area contributed by atoms with Gasteiger partial charge in [-0.2, -0.15) is 4.98 Å². The van der Waals surface area contributed by atoms with E-state index in [1.165, 1.54) is 0 Å². The summed E-state index contributed by atoms with van der Waals surface area (Å²) in [5.74, 6) is 0.813. The first-order chi connectivity index (χ1) is 12.2. The number of aromatic nitrogens is 3. The molecule has 1 aromatic carbocycles. The number of hydrogen-bond donors (Lipinski definition) is 1. The van der Waals surface area contributed by atoms with E-state index in [0.29, 0.717) is 12.6 Å². The molecular weight excluding hydrogens is 318 g/mol. The highest BCUT2D eigenvalue weighted by atomic mass is 16.5. The van der Waals surface area contributed by atoms with Crippen LogP contribution in [-0.2, 0) is 6.61 Å². The van der Waals surface area contributed by atoms with E-state index in [0.717, 1.165) is 41.1 Å². The molecule has 4 rings (SSSR count). The molecule has 1 aliphatic carbocycles. The number of aliphatic hydroxyl groups is 1. The van der Waals surface area contributed by atoms with Gasteiger partial charge in [-0.15, -0.1) is 0 Å². The van der Waals surface area contributed by atoms with E-state index in [1.807, 2.05) is 47.0 Å². The van der Waals surface area contributed by atoms with Crippen LogP contribution in [0.1, 0.15) is 24.1 Å². The molecule has 1 unspecified atom stereocenters. The molecule has 0 radical (unpaired) electrons. The molecule has 2 heterocycles. The Kier molecular flexibility index (Phi) is 4.11. The van der Waals surface area contributed by atoms with Crippen molar-refractivity contribution in [2.75, 3.05) is 7.11 Å². The van der Waals surface area contributed by atoms with Crippen LogP contribution in [0, 0.1) is 0 Å². The fourth-order valence-electron chi connectivity index (χ4n) is 2.95. The van der Waals surface area contributed by atoms with Crippen LogP contribution in [0.2, 0.25) is 0 Å². The zero-order chi connectivity index (χ0) is 17.2. The van der Waals surface area contributed by atoms with Crippen LogP contribution in [0.25, 0.3) is 11.2 Å². The summed E-state index contributed by atoms with van der Waals surface area (Å²) in [6.07, 6.45) is 6.56. The third-order valence-corrected chi connectivity index (χ3v) is 4.32. The van der Waals surface area contributed by atoms with Gasteiger partial charge in [-0.1, -0.05) is 18.2 Å². The Morgan fingerprint density at radius 3 is 2.84 bits per heavy atom. The van der Waals surface area contributed by atoms with Crippen molar-refractivity contribution >= 4 is 11.2 Å².